The first kappa shape index (κ1) is 35.2. The Morgan fingerprint density at radius 1 is 0.887 bits per heavy atom. The van der Waals surface area contributed by atoms with Gasteiger partial charge in [0, 0.05) is 73.2 Å². The maximum atomic E-state index is 14.4. The molecule has 14 heteroatoms. The summed E-state index contributed by atoms with van der Waals surface area (Å²) in [7, 11) is 0. The van der Waals surface area contributed by atoms with E-state index in [1.54, 1.807) is 17.0 Å². The van der Waals surface area contributed by atoms with Gasteiger partial charge in [-0.2, -0.15) is 22.0 Å². The van der Waals surface area contributed by atoms with Gasteiger partial charge in [0.15, 0.2) is 0 Å². The summed E-state index contributed by atoms with van der Waals surface area (Å²) in [6.45, 7) is 1.79. The lowest BCUT2D eigenvalue weighted by molar-refractivity contribution is -0.137. The highest BCUT2D eigenvalue weighted by Gasteiger charge is 2.40. The maximum absolute atomic E-state index is 14.4. The molecule has 9 nitrogen and oxygen atoms in total. The van der Waals surface area contributed by atoms with Gasteiger partial charge >= 0.3 is 12.7 Å². The maximum Gasteiger partial charge on any atom is 0.419 e. The fraction of sp³-hybridized carbons (Fsp3) is 0.410. The average Bonchev–Trinajstić information content (AvgIpc) is 3.67. The molecule has 278 valence electrons. The fourth-order valence-electron chi connectivity index (χ4n) is 7.70. The minimum Gasteiger partial charge on any atom is -0.494 e. The number of amides is 1. The second-order valence-corrected chi connectivity index (χ2v) is 14.0. The van der Waals surface area contributed by atoms with Gasteiger partial charge in [0.05, 0.1) is 35.4 Å². The first-order chi connectivity index (χ1) is 25.6. The number of piperidine rings is 1. The van der Waals surface area contributed by atoms with Crippen molar-refractivity contribution in [2.45, 2.75) is 63.6 Å². The van der Waals surface area contributed by atoms with E-state index in [2.05, 4.69) is 20.2 Å². The van der Waals surface area contributed by atoms with Gasteiger partial charge in [-0.3, -0.25) is 14.3 Å². The van der Waals surface area contributed by atoms with Gasteiger partial charge in [-0.25, -0.2) is 4.98 Å². The predicted molar refractivity (Wildman–Crippen MR) is 190 cm³/mol. The lowest BCUT2D eigenvalue weighted by atomic mass is 10.0. The van der Waals surface area contributed by atoms with Crippen LogP contribution in [0.4, 0.5) is 27.8 Å². The summed E-state index contributed by atoms with van der Waals surface area (Å²) >= 11 is 0. The van der Waals surface area contributed by atoms with Crippen LogP contribution in [-0.4, -0.2) is 76.9 Å². The number of halogens is 5. The number of carbonyl (C=O) groups is 1. The molecule has 1 N–H and O–H groups in total. The number of pyridine rings is 2. The molecule has 0 unspecified atom stereocenters. The Hall–Kier alpha value is -4.82. The molecule has 1 amide bonds. The molecular formula is C39H39F5N6O3. The molecule has 3 aliphatic rings. The van der Waals surface area contributed by atoms with Crippen LogP contribution < -0.4 is 15.0 Å². The second-order valence-electron chi connectivity index (χ2n) is 14.0. The topological polar surface area (TPSA) is 84.8 Å². The number of hydrogen-bond donors (Lipinski definition) is 1. The molecule has 3 aliphatic heterocycles. The summed E-state index contributed by atoms with van der Waals surface area (Å²) in [6.07, 6.45) is 4.34. The predicted octanol–water partition coefficient (Wildman–Crippen LogP) is 7.83. The number of benzene rings is 2. The molecule has 2 fully saturated rings. The zero-order chi connectivity index (χ0) is 36.7. The van der Waals surface area contributed by atoms with Crippen molar-refractivity contribution >= 4 is 33.5 Å². The van der Waals surface area contributed by atoms with Gasteiger partial charge in [0.1, 0.15) is 11.6 Å². The summed E-state index contributed by atoms with van der Waals surface area (Å²) in [5.74, 6) is 0.594. The molecule has 0 aliphatic carbocycles. The molecule has 53 heavy (non-hydrogen) atoms. The molecule has 8 rings (SSSR count). The SMILES string of the molecule is O=C1NCc2cc(OCCCCCN3CCC(OC4CN(c5ncc(-c6ccc7c8cnccc8n(C(F)F)c7c6)cc5C(F)(F)F)C4)CC3)ccc21. The zero-order valence-electron chi connectivity index (χ0n) is 28.9. The van der Waals surface area contributed by atoms with Crippen LogP contribution in [0.1, 0.15) is 60.1 Å². The van der Waals surface area contributed by atoms with Crippen molar-refractivity contribution in [3.8, 4) is 16.9 Å². The number of likely N-dealkylation sites (tertiary alicyclic amines) is 1. The van der Waals surface area contributed by atoms with Crippen LogP contribution in [0.15, 0.2) is 67.1 Å². The Morgan fingerprint density at radius 2 is 1.72 bits per heavy atom. The Bertz CT molecular complexity index is 2120. The number of nitrogens with zero attached hydrogens (tertiary/aromatic N) is 5. The molecule has 6 heterocycles. The van der Waals surface area contributed by atoms with Crippen LogP contribution in [0.25, 0.3) is 32.9 Å². The average molecular weight is 735 g/mol. The Kier molecular flexibility index (Phi) is 9.66. The van der Waals surface area contributed by atoms with Crippen LogP contribution in [0, 0.1) is 0 Å². The number of unbranched alkanes of at least 4 members (excludes halogenated alkanes) is 2. The molecule has 0 bridgehead atoms. The third-order valence-electron chi connectivity index (χ3n) is 10.5. The van der Waals surface area contributed by atoms with Crippen LogP contribution >= 0.6 is 0 Å². The highest BCUT2D eigenvalue weighted by atomic mass is 19.4. The van der Waals surface area contributed by atoms with Crippen LogP contribution in [0.3, 0.4) is 0 Å². The van der Waals surface area contributed by atoms with Crippen molar-refractivity contribution < 1.29 is 36.2 Å². The number of hydrogen-bond acceptors (Lipinski definition) is 7. The van der Waals surface area contributed by atoms with E-state index in [0.29, 0.717) is 53.7 Å². The summed E-state index contributed by atoms with van der Waals surface area (Å²) in [5.41, 5.74) is 1.87. The van der Waals surface area contributed by atoms with Crippen molar-refractivity contribution in [2.75, 3.05) is 44.2 Å². The van der Waals surface area contributed by atoms with Crippen molar-refractivity contribution in [1.29, 1.82) is 0 Å². The van der Waals surface area contributed by atoms with Gasteiger partial charge in [0.2, 0.25) is 0 Å². The molecule has 5 aromatic rings. The van der Waals surface area contributed by atoms with Crippen LogP contribution in [0.2, 0.25) is 0 Å². The summed E-state index contributed by atoms with van der Waals surface area (Å²) in [5, 5.41) is 3.89. The number of anilines is 1. The van der Waals surface area contributed by atoms with E-state index in [1.807, 2.05) is 18.2 Å². The van der Waals surface area contributed by atoms with E-state index in [1.165, 1.54) is 30.7 Å². The van der Waals surface area contributed by atoms with Gasteiger partial charge in [-0.05, 0) is 86.2 Å². The monoisotopic (exact) mass is 734 g/mol. The first-order valence-corrected chi connectivity index (χ1v) is 18.0. The van der Waals surface area contributed by atoms with E-state index in [-0.39, 0.29) is 35.0 Å². The molecule has 2 aromatic carbocycles. The summed E-state index contributed by atoms with van der Waals surface area (Å²) in [6, 6.07) is 12.9. The lowest BCUT2D eigenvalue weighted by Gasteiger charge is -2.43. The summed E-state index contributed by atoms with van der Waals surface area (Å²) in [4.78, 5) is 24.0. The molecule has 0 atom stereocenters. The van der Waals surface area contributed by atoms with E-state index in [0.717, 1.165) is 73.7 Å². The number of aromatic nitrogens is 3. The zero-order valence-corrected chi connectivity index (χ0v) is 28.9. The third-order valence-corrected chi connectivity index (χ3v) is 10.5. The standard InChI is InChI=1S/C39H39F5N6O3/c40-38(41)50-34-8-11-45-21-32(34)31-6-4-24(18-35(31)50)25-17-33(39(42,43)44)36(46-19-25)49-22-29(23-49)53-27-9-13-48(14-10-27)12-2-1-3-15-52-28-5-7-30-26(16-28)20-47-37(30)51/h4-8,11,16-19,21,27,29,38H,1-3,9-10,12-15,20,22-23H2,(H,47,51). The Morgan fingerprint density at radius 3 is 2.51 bits per heavy atom. The smallest absolute Gasteiger partial charge is 0.419 e. The third kappa shape index (κ3) is 7.26. The Labute approximate surface area is 302 Å². The number of alkyl halides is 5. The molecule has 2 saturated heterocycles. The first-order valence-electron chi connectivity index (χ1n) is 18.0. The highest BCUT2D eigenvalue weighted by molar-refractivity contribution is 6.08. The summed E-state index contributed by atoms with van der Waals surface area (Å²) < 4.78 is 84.4. The number of nitrogens with one attached hydrogen (secondary N) is 1. The fourth-order valence-corrected chi connectivity index (χ4v) is 7.70. The lowest BCUT2D eigenvalue weighted by Crippen LogP contribution is -2.55. The van der Waals surface area contributed by atoms with E-state index in [4.69, 9.17) is 9.47 Å². The molecule has 3 aromatic heterocycles. The minimum absolute atomic E-state index is 0.0368. The van der Waals surface area contributed by atoms with Gasteiger partial charge in [-0.1, -0.05) is 12.1 Å². The highest BCUT2D eigenvalue weighted by Crippen LogP contribution is 2.41. The van der Waals surface area contributed by atoms with Gasteiger partial charge in [-0.15, -0.1) is 0 Å². The molecule has 0 spiro atoms. The quantitative estimate of drug-likeness (QED) is 0.103. The number of fused-ring (bicyclic) bond motifs is 4. The van der Waals surface area contributed by atoms with Crippen molar-refractivity contribution in [3.63, 3.8) is 0 Å². The van der Waals surface area contributed by atoms with Gasteiger partial charge < -0.3 is 24.6 Å². The van der Waals surface area contributed by atoms with Crippen molar-refractivity contribution in [3.05, 3.63) is 83.8 Å². The largest absolute Gasteiger partial charge is 0.494 e. The Balaban J connectivity index is 0.807. The molecule has 0 radical (unpaired) electrons. The molecular weight excluding hydrogens is 695 g/mol. The van der Waals surface area contributed by atoms with Crippen molar-refractivity contribution in [1.82, 2.24) is 24.8 Å². The second kappa shape index (κ2) is 14.5. The number of ether oxygens (including phenoxy) is 2. The van der Waals surface area contributed by atoms with E-state index < -0.39 is 18.3 Å². The van der Waals surface area contributed by atoms with E-state index in [9.17, 15) is 26.7 Å². The minimum atomic E-state index is -4.67. The van der Waals surface area contributed by atoms with Crippen LogP contribution in [0.5, 0.6) is 5.75 Å². The molecule has 0 saturated carbocycles. The van der Waals surface area contributed by atoms with Crippen molar-refractivity contribution in [2.24, 2.45) is 0 Å². The van der Waals surface area contributed by atoms with Crippen LogP contribution in [-0.2, 0) is 17.5 Å². The van der Waals surface area contributed by atoms with E-state index >= 15 is 0 Å². The number of rotatable bonds is 12. The van der Waals surface area contributed by atoms with Gasteiger partial charge in [0.25, 0.3) is 5.91 Å². The normalized spacial score (nSPS) is 17.2. The number of carbonyl (C=O) groups excluding carboxylic acids is 1.